The number of nitrogens with zero attached hydrogens (tertiary/aromatic N) is 2. The number of carbonyl (C=O) groups excluding carboxylic acids is 1. The van der Waals surface area contributed by atoms with Gasteiger partial charge in [0.05, 0.1) is 29.0 Å². The van der Waals surface area contributed by atoms with Crippen LogP contribution in [-0.4, -0.2) is 41.2 Å². The third-order valence-electron chi connectivity index (χ3n) is 6.29. The molecule has 0 spiro atoms. The van der Waals surface area contributed by atoms with E-state index < -0.39 is 27.6 Å². The molecule has 0 saturated carbocycles. The average Bonchev–Trinajstić information content (AvgIpc) is 3.25. The zero-order valence-electron chi connectivity index (χ0n) is 20.4. The molecule has 7 nitrogen and oxygen atoms in total. The molecule has 4 rings (SSSR count). The van der Waals surface area contributed by atoms with E-state index in [0.29, 0.717) is 39.5 Å². The lowest BCUT2D eigenvalue weighted by atomic mass is 10.1. The van der Waals surface area contributed by atoms with Gasteiger partial charge in [0.1, 0.15) is 11.5 Å². The normalized spacial score (nSPS) is 12.6. The van der Waals surface area contributed by atoms with Crippen molar-refractivity contribution in [3.05, 3.63) is 99.7 Å². The Labute approximate surface area is 219 Å². The Morgan fingerprint density at radius 3 is 2.49 bits per heavy atom. The first-order valence-corrected chi connectivity index (χ1v) is 13.9. The Bertz CT molecular complexity index is 1550. The number of rotatable bonds is 9. The molecule has 0 aliphatic rings. The van der Waals surface area contributed by atoms with Crippen LogP contribution >= 0.6 is 11.6 Å². The van der Waals surface area contributed by atoms with Gasteiger partial charge in [-0.2, -0.15) is 0 Å². The molecule has 0 bridgehead atoms. The van der Waals surface area contributed by atoms with E-state index in [1.54, 1.807) is 49.5 Å². The van der Waals surface area contributed by atoms with Crippen molar-refractivity contribution < 1.29 is 22.7 Å². The highest BCUT2D eigenvalue weighted by atomic mass is 35.5. The first-order chi connectivity index (χ1) is 17.7. The molecular formula is C27H27ClFN3O4S. The van der Waals surface area contributed by atoms with Crippen LogP contribution in [0.15, 0.2) is 65.7 Å². The molecule has 2 aromatic carbocycles. The van der Waals surface area contributed by atoms with E-state index in [1.807, 2.05) is 11.3 Å². The molecule has 2 aromatic heterocycles. The van der Waals surface area contributed by atoms with Crippen LogP contribution in [0.1, 0.15) is 52.8 Å². The van der Waals surface area contributed by atoms with Crippen LogP contribution in [0.5, 0.6) is 0 Å². The van der Waals surface area contributed by atoms with Crippen LogP contribution in [-0.2, 0) is 22.7 Å². The second-order valence-corrected chi connectivity index (χ2v) is 11.3. The third-order valence-corrected chi connectivity index (χ3v) is 8.27. The van der Waals surface area contributed by atoms with Crippen molar-refractivity contribution in [1.82, 2.24) is 14.7 Å². The monoisotopic (exact) mass is 543 g/mol. The Morgan fingerprint density at radius 1 is 1.14 bits per heavy atom. The van der Waals surface area contributed by atoms with Gasteiger partial charge in [0, 0.05) is 28.9 Å². The van der Waals surface area contributed by atoms with E-state index in [2.05, 4.69) is 10.3 Å². The minimum Gasteiger partial charge on any atom is -0.394 e. The second kappa shape index (κ2) is 11.0. The molecule has 1 amide bonds. The van der Waals surface area contributed by atoms with E-state index in [0.717, 1.165) is 5.69 Å². The molecule has 1 atom stereocenters. The molecule has 37 heavy (non-hydrogen) atoms. The number of carbonyl (C=O) groups is 1. The van der Waals surface area contributed by atoms with Gasteiger partial charge in [-0.15, -0.1) is 0 Å². The number of benzene rings is 2. The van der Waals surface area contributed by atoms with Gasteiger partial charge in [0.25, 0.3) is 5.91 Å². The summed E-state index contributed by atoms with van der Waals surface area (Å²) in [4.78, 5) is 17.9. The predicted molar refractivity (Wildman–Crippen MR) is 140 cm³/mol. The number of fused-ring (bicyclic) bond motifs is 1. The fourth-order valence-electron chi connectivity index (χ4n) is 4.20. The summed E-state index contributed by atoms with van der Waals surface area (Å²) in [6, 6.07) is 13.2. The molecule has 0 unspecified atom stereocenters. The maximum atomic E-state index is 14.4. The average molecular weight is 544 g/mol. The molecule has 0 saturated heterocycles. The Balaban J connectivity index is 1.57. The number of amides is 1. The van der Waals surface area contributed by atoms with Gasteiger partial charge in [0.2, 0.25) is 0 Å². The molecule has 4 aromatic rings. The molecule has 10 heteroatoms. The lowest BCUT2D eigenvalue weighted by Gasteiger charge is -2.17. The minimum atomic E-state index is -3.35. The van der Waals surface area contributed by atoms with Crippen LogP contribution in [0.3, 0.4) is 0 Å². The van der Waals surface area contributed by atoms with Crippen molar-refractivity contribution in [2.75, 3.05) is 12.4 Å². The predicted octanol–water partition coefficient (Wildman–Crippen LogP) is 4.54. The van der Waals surface area contributed by atoms with Crippen LogP contribution < -0.4 is 5.32 Å². The summed E-state index contributed by atoms with van der Waals surface area (Å²) in [6.45, 7) is 3.18. The number of nitrogens with one attached hydrogen (secondary N) is 1. The third kappa shape index (κ3) is 5.69. The molecule has 0 aliphatic carbocycles. The summed E-state index contributed by atoms with van der Waals surface area (Å²) in [5, 5.41) is 13.0. The summed E-state index contributed by atoms with van der Waals surface area (Å²) in [5.41, 5.74) is 3.55. The van der Waals surface area contributed by atoms with Crippen LogP contribution in [0, 0.1) is 5.82 Å². The first-order valence-electron chi connectivity index (χ1n) is 11.8. The second-order valence-electron chi connectivity index (χ2n) is 8.60. The van der Waals surface area contributed by atoms with Crippen molar-refractivity contribution in [2.45, 2.75) is 37.6 Å². The van der Waals surface area contributed by atoms with Gasteiger partial charge in [0.15, 0.2) is 9.84 Å². The highest BCUT2D eigenvalue weighted by Crippen LogP contribution is 2.23. The van der Waals surface area contributed by atoms with Crippen molar-refractivity contribution in [2.24, 2.45) is 0 Å². The summed E-state index contributed by atoms with van der Waals surface area (Å²) in [7, 11) is -3.35. The number of hydrogen-bond acceptors (Lipinski definition) is 5. The number of sulfone groups is 1. The van der Waals surface area contributed by atoms with Crippen molar-refractivity contribution >= 4 is 33.0 Å². The summed E-state index contributed by atoms with van der Waals surface area (Å²) in [5.74, 6) is -0.834. The van der Waals surface area contributed by atoms with Gasteiger partial charge in [-0.25, -0.2) is 17.8 Å². The van der Waals surface area contributed by atoms with Gasteiger partial charge < -0.3 is 14.8 Å². The van der Waals surface area contributed by atoms with E-state index >= 15 is 0 Å². The largest absolute Gasteiger partial charge is 0.394 e. The summed E-state index contributed by atoms with van der Waals surface area (Å²) in [6.07, 6.45) is 2.69. The smallest absolute Gasteiger partial charge is 0.252 e. The number of hydrogen-bond donors (Lipinski definition) is 2. The van der Waals surface area contributed by atoms with E-state index in [1.165, 1.54) is 18.2 Å². The van der Waals surface area contributed by atoms with E-state index in [-0.39, 0.29) is 23.7 Å². The SMILES string of the molecule is CCc1c(Cc2ccc(Cl)cc2F)nc2cc(C(=O)N[C@@H](CO)c3ccc(S(=O)(=O)CC)cc3)ccn12. The maximum Gasteiger partial charge on any atom is 0.252 e. The van der Waals surface area contributed by atoms with Crippen LogP contribution in [0.25, 0.3) is 5.65 Å². The van der Waals surface area contributed by atoms with Crippen LogP contribution in [0.4, 0.5) is 4.39 Å². The summed E-state index contributed by atoms with van der Waals surface area (Å²) < 4.78 is 40.3. The van der Waals surface area contributed by atoms with Gasteiger partial charge in [-0.05, 0) is 53.9 Å². The summed E-state index contributed by atoms with van der Waals surface area (Å²) >= 11 is 5.87. The Morgan fingerprint density at radius 2 is 1.86 bits per heavy atom. The zero-order chi connectivity index (χ0) is 26.7. The number of aliphatic hydroxyl groups excluding tert-OH is 1. The Hall–Kier alpha value is -3.27. The van der Waals surface area contributed by atoms with Gasteiger partial charge in [-0.1, -0.05) is 43.6 Å². The molecular weight excluding hydrogens is 517 g/mol. The lowest BCUT2D eigenvalue weighted by Crippen LogP contribution is -2.30. The highest BCUT2D eigenvalue weighted by molar-refractivity contribution is 7.91. The zero-order valence-corrected chi connectivity index (χ0v) is 22.0. The number of pyridine rings is 1. The van der Waals surface area contributed by atoms with E-state index in [4.69, 9.17) is 11.6 Å². The number of halogens is 2. The molecule has 194 valence electrons. The fourth-order valence-corrected chi connectivity index (χ4v) is 5.24. The van der Waals surface area contributed by atoms with Crippen molar-refractivity contribution in [1.29, 1.82) is 0 Å². The number of aryl methyl sites for hydroxylation is 1. The number of imidazole rings is 1. The maximum absolute atomic E-state index is 14.4. The molecule has 2 N–H and O–H groups in total. The number of aromatic nitrogens is 2. The van der Waals surface area contributed by atoms with Crippen molar-refractivity contribution in [3.63, 3.8) is 0 Å². The van der Waals surface area contributed by atoms with E-state index in [9.17, 15) is 22.7 Å². The quantitative estimate of drug-likeness (QED) is 0.323. The molecule has 2 heterocycles. The first kappa shape index (κ1) is 26.8. The fraction of sp³-hybridized carbons (Fsp3) is 0.259. The lowest BCUT2D eigenvalue weighted by molar-refractivity contribution is 0.0916. The minimum absolute atomic E-state index is 0.0150. The number of aliphatic hydroxyl groups is 1. The standard InChI is InChI=1S/C27H27ClFN3O4S/c1-3-25-23(13-18-5-8-20(28)15-22(18)29)30-26-14-19(11-12-32(25)26)27(34)31-24(16-33)17-6-9-21(10-7-17)37(35,36)4-2/h5-12,14-15,24,33H,3-4,13,16H2,1-2H3,(H,31,34)/t24-/m0/s1. The molecule has 0 radical (unpaired) electrons. The molecule has 0 aliphatic heterocycles. The topological polar surface area (TPSA) is 101 Å². The van der Waals surface area contributed by atoms with Crippen molar-refractivity contribution in [3.8, 4) is 0 Å². The highest BCUT2D eigenvalue weighted by Gasteiger charge is 2.19. The molecule has 0 fully saturated rings. The van der Waals surface area contributed by atoms with Gasteiger partial charge in [-0.3, -0.25) is 4.79 Å². The van der Waals surface area contributed by atoms with Crippen LogP contribution in [0.2, 0.25) is 5.02 Å². The van der Waals surface area contributed by atoms with Gasteiger partial charge >= 0.3 is 0 Å². The Kier molecular flexibility index (Phi) is 7.96.